The summed E-state index contributed by atoms with van der Waals surface area (Å²) < 4.78 is 13.4. The average Bonchev–Trinajstić information content (AvgIpc) is 2.84. The quantitative estimate of drug-likeness (QED) is 0.873. The highest BCUT2D eigenvalue weighted by molar-refractivity contribution is 7.09. The van der Waals surface area contributed by atoms with E-state index in [9.17, 15) is 4.39 Å². The summed E-state index contributed by atoms with van der Waals surface area (Å²) in [6, 6.07) is -0.0706. The van der Waals surface area contributed by atoms with Crippen LogP contribution in [0.2, 0.25) is 0 Å². The summed E-state index contributed by atoms with van der Waals surface area (Å²) in [5.74, 6) is -0.364. The Hall–Kier alpha value is -1.76. The number of hydrogen-bond donors (Lipinski definition) is 2. The second-order valence-corrected chi connectivity index (χ2v) is 4.33. The first-order valence-electron chi connectivity index (χ1n) is 5.14. The Balaban J connectivity index is 2.21. The summed E-state index contributed by atoms with van der Waals surface area (Å²) >= 11 is 1.51. The molecule has 0 aliphatic carbocycles. The lowest BCUT2D eigenvalue weighted by molar-refractivity contribution is 0.610. The fourth-order valence-corrected chi connectivity index (χ4v) is 2.16. The molecule has 5 nitrogen and oxygen atoms in total. The van der Waals surface area contributed by atoms with Gasteiger partial charge in [-0.1, -0.05) is 6.92 Å². The van der Waals surface area contributed by atoms with Gasteiger partial charge in [-0.15, -0.1) is 11.3 Å². The van der Waals surface area contributed by atoms with Crippen molar-refractivity contribution in [3.8, 4) is 0 Å². The molecule has 2 heterocycles. The SMILES string of the molecule is CCC(Nc1nc(N)ncc1F)c1nccs1. The molecule has 0 bridgehead atoms. The number of nitrogen functional groups attached to an aromatic ring is 1. The van der Waals surface area contributed by atoms with Crippen molar-refractivity contribution in [2.75, 3.05) is 11.1 Å². The van der Waals surface area contributed by atoms with Crippen LogP contribution in [0.5, 0.6) is 0 Å². The normalized spacial score (nSPS) is 12.4. The molecular weight excluding hydrogens is 241 g/mol. The summed E-state index contributed by atoms with van der Waals surface area (Å²) in [5, 5.41) is 5.75. The third kappa shape index (κ3) is 2.68. The number of hydrogen-bond acceptors (Lipinski definition) is 6. The topological polar surface area (TPSA) is 76.7 Å². The van der Waals surface area contributed by atoms with Crippen LogP contribution in [0.4, 0.5) is 16.2 Å². The maximum absolute atomic E-state index is 13.4. The van der Waals surface area contributed by atoms with Gasteiger partial charge in [0.25, 0.3) is 0 Å². The van der Waals surface area contributed by atoms with Crippen LogP contribution in [0.25, 0.3) is 0 Å². The van der Waals surface area contributed by atoms with E-state index in [1.807, 2.05) is 12.3 Å². The Bertz CT molecular complexity index is 487. The Morgan fingerprint density at radius 3 is 3.00 bits per heavy atom. The van der Waals surface area contributed by atoms with Gasteiger partial charge in [-0.25, -0.2) is 14.4 Å². The molecule has 0 aromatic carbocycles. The van der Waals surface area contributed by atoms with Crippen molar-refractivity contribution >= 4 is 23.1 Å². The van der Waals surface area contributed by atoms with Crippen LogP contribution < -0.4 is 11.1 Å². The molecular formula is C10H12FN5S. The lowest BCUT2D eigenvalue weighted by Crippen LogP contribution is -2.13. The molecule has 0 spiro atoms. The van der Waals surface area contributed by atoms with E-state index in [0.717, 1.165) is 17.6 Å². The van der Waals surface area contributed by atoms with Crippen molar-refractivity contribution in [2.24, 2.45) is 0 Å². The van der Waals surface area contributed by atoms with Gasteiger partial charge in [-0.3, -0.25) is 0 Å². The Morgan fingerprint density at radius 2 is 2.35 bits per heavy atom. The van der Waals surface area contributed by atoms with Crippen molar-refractivity contribution in [1.29, 1.82) is 0 Å². The van der Waals surface area contributed by atoms with Gasteiger partial charge in [0.2, 0.25) is 5.95 Å². The van der Waals surface area contributed by atoms with Crippen LogP contribution in [-0.2, 0) is 0 Å². The fraction of sp³-hybridized carbons (Fsp3) is 0.300. The Morgan fingerprint density at radius 1 is 1.53 bits per heavy atom. The molecule has 0 fully saturated rings. The minimum atomic E-state index is -0.519. The van der Waals surface area contributed by atoms with Gasteiger partial charge < -0.3 is 11.1 Å². The van der Waals surface area contributed by atoms with E-state index in [-0.39, 0.29) is 17.8 Å². The largest absolute Gasteiger partial charge is 0.368 e. The number of nitrogens with zero attached hydrogens (tertiary/aromatic N) is 3. The first-order chi connectivity index (χ1) is 8.20. The zero-order valence-corrected chi connectivity index (χ0v) is 10.0. The van der Waals surface area contributed by atoms with Crippen LogP contribution in [0.1, 0.15) is 24.4 Å². The minimum Gasteiger partial charge on any atom is -0.368 e. The highest BCUT2D eigenvalue weighted by Gasteiger charge is 2.15. The molecule has 0 saturated heterocycles. The van der Waals surface area contributed by atoms with E-state index in [2.05, 4.69) is 20.3 Å². The first-order valence-corrected chi connectivity index (χ1v) is 6.02. The zero-order valence-electron chi connectivity index (χ0n) is 9.22. The molecule has 3 N–H and O–H groups in total. The van der Waals surface area contributed by atoms with Gasteiger partial charge >= 0.3 is 0 Å². The summed E-state index contributed by atoms with van der Waals surface area (Å²) in [4.78, 5) is 11.6. The minimum absolute atomic E-state index is 0.0443. The highest BCUT2D eigenvalue weighted by Crippen LogP contribution is 2.24. The van der Waals surface area contributed by atoms with Gasteiger partial charge in [-0.05, 0) is 6.42 Å². The fourth-order valence-electron chi connectivity index (χ4n) is 1.39. The number of halogens is 1. The molecule has 0 amide bonds. The van der Waals surface area contributed by atoms with Crippen LogP contribution in [0.15, 0.2) is 17.8 Å². The standard InChI is InChI=1S/C10H12FN5S/c1-2-7(9-13-3-4-17-9)15-8-6(11)5-14-10(12)16-8/h3-5,7H,2H2,1H3,(H3,12,14,15,16). The van der Waals surface area contributed by atoms with Gasteiger partial charge in [0.05, 0.1) is 12.2 Å². The van der Waals surface area contributed by atoms with Gasteiger partial charge in [0.1, 0.15) is 5.01 Å². The molecule has 0 aliphatic heterocycles. The number of nitrogens with one attached hydrogen (secondary N) is 1. The number of nitrogens with two attached hydrogens (primary N) is 1. The Kier molecular flexibility index (Phi) is 3.48. The molecule has 2 rings (SSSR count). The van der Waals surface area contributed by atoms with E-state index in [0.29, 0.717) is 0 Å². The molecule has 17 heavy (non-hydrogen) atoms. The van der Waals surface area contributed by atoms with Gasteiger partial charge in [0, 0.05) is 11.6 Å². The molecule has 0 radical (unpaired) electrons. The third-order valence-electron chi connectivity index (χ3n) is 2.23. The first kappa shape index (κ1) is 11.7. The smallest absolute Gasteiger partial charge is 0.222 e. The predicted octanol–water partition coefficient (Wildman–Crippen LogP) is 2.22. The number of rotatable bonds is 4. The molecule has 2 aromatic heterocycles. The van der Waals surface area contributed by atoms with Crippen LogP contribution >= 0.6 is 11.3 Å². The van der Waals surface area contributed by atoms with Crippen molar-refractivity contribution in [3.63, 3.8) is 0 Å². The summed E-state index contributed by atoms with van der Waals surface area (Å²) in [7, 11) is 0. The van der Waals surface area contributed by atoms with E-state index in [1.165, 1.54) is 11.3 Å². The zero-order chi connectivity index (χ0) is 12.3. The monoisotopic (exact) mass is 253 g/mol. The van der Waals surface area contributed by atoms with E-state index in [4.69, 9.17) is 5.73 Å². The van der Waals surface area contributed by atoms with E-state index in [1.54, 1.807) is 6.20 Å². The average molecular weight is 253 g/mol. The molecule has 0 saturated carbocycles. The predicted molar refractivity (Wildman–Crippen MR) is 65.2 cm³/mol. The van der Waals surface area contributed by atoms with Crippen LogP contribution in [0.3, 0.4) is 0 Å². The lowest BCUT2D eigenvalue weighted by Gasteiger charge is -2.15. The second-order valence-electron chi connectivity index (χ2n) is 3.40. The summed E-state index contributed by atoms with van der Waals surface area (Å²) in [6.45, 7) is 1.99. The molecule has 7 heteroatoms. The highest BCUT2D eigenvalue weighted by atomic mass is 32.1. The van der Waals surface area contributed by atoms with Crippen molar-refractivity contribution in [1.82, 2.24) is 15.0 Å². The van der Waals surface area contributed by atoms with Crippen LogP contribution in [0, 0.1) is 5.82 Å². The maximum atomic E-state index is 13.4. The Labute approximate surface area is 102 Å². The lowest BCUT2D eigenvalue weighted by atomic mass is 10.2. The second kappa shape index (κ2) is 5.05. The van der Waals surface area contributed by atoms with Gasteiger partial charge in [-0.2, -0.15) is 4.98 Å². The number of aromatic nitrogens is 3. The van der Waals surface area contributed by atoms with Gasteiger partial charge in [0.15, 0.2) is 11.6 Å². The third-order valence-corrected chi connectivity index (χ3v) is 3.12. The molecule has 90 valence electrons. The maximum Gasteiger partial charge on any atom is 0.222 e. The molecule has 0 aliphatic rings. The van der Waals surface area contributed by atoms with E-state index < -0.39 is 5.82 Å². The van der Waals surface area contributed by atoms with Crippen molar-refractivity contribution in [3.05, 3.63) is 28.6 Å². The molecule has 2 aromatic rings. The summed E-state index contributed by atoms with van der Waals surface area (Å²) in [6.07, 6.45) is 3.55. The molecule has 1 atom stereocenters. The van der Waals surface area contributed by atoms with Crippen molar-refractivity contribution in [2.45, 2.75) is 19.4 Å². The summed E-state index contributed by atoms with van der Waals surface area (Å²) in [5.41, 5.74) is 5.42. The van der Waals surface area contributed by atoms with Crippen molar-refractivity contribution < 1.29 is 4.39 Å². The van der Waals surface area contributed by atoms with E-state index >= 15 is 0 Å². The molecule has 1 unspecified atom stereocenters. The number of anilines is 2. The van der Waals surface area contributed by atoms with Crippen LogP contribution in [-0.4, -0.2) is 15.0 Å². The number of thiazole rings is 1.